The van der Waals surface area contributed by atoms with Crippen molar-refractivity contribution in [2.24, 2.45) is 0 Å². The maximum atomic E-state index is 13.2. The fourth-order valence-electron chi connectivity index (χ4n) is 5.99. The molecule has 0 radical (unpaired) electrons. The molecule has 34 heavy (non-hydrogen) atoms. The van der Waals surface area contributed by atoms with Crippen LogP contribution in [0.4, 0.5) is 0 Å². The number of aromatic nitrogens is 3. The van der Waals surface area contributed by atoms with Gasteiger partial charge >= 0.3 is 0 Å². The van der Waals surface area contributed by atoms with Crippen LogP contribution in [0.2, 0.25) is 0 Å². The lowest BCUT2D eigenvalue weighted by Crippen LogP contribution is -2.33. The minimum Gasteiger partial charge on any atom is -0.349 e. The summed E-state index contributed by atoms with van der Waals surface area (Å²) >= 11 is 0. The van der Waals surface area contributed by atoms with Gasteiger partial charge < -0.3 is 15.1 Å². The summed E-state index contributed by atoms with van der Waals surface area (Å²) in [6.45, 7) is 4.15. The summed E-state index contributed by atoms with van der Waals surface area (Å²) in [7, 11) is 0. The molecule has 8 nitrogen and oxygen atoms in total. The molecule has 1 atom stereocenters. The number of nitrogens with one attached hydrogen (secondary N) is 1. The van der Waals surface area contributed by atoms with Crippen LogP contribution in [0.3, 0.4) is 0 Å². The average Bonchev–Trinajstić information content (AvgIpc) is 3.58. The standard InChI is InChI=1S/C26H38N6O2/c33-24(12-8-17-30-15-5-1-2-6-16-30)31-18-7-11-22(31)23-13-14-27-25-21(19-28-32(23)25)26(34)29-20-9-3-4-10-20/h13-14,19-20,22H,1-12,15-18H2,(H,29,34)/t22-/m0/s1. The van der Waals surface area contributed by atoms with Crippen molar-refractivity contribution in [3.8, 4) is 0 Å². The Morgan fingerprint density at radius 3 is 2.56 bits per heavy atom. The lowest BCUT2D eigenvalue weighted by atomic mass is 10.1. The van der Waals surface area contributed by atoms with Crippen LogP contribution in [0, 0.1) is 0 Å². The van der Waals surface area contributed by atoms with Gasteiger partial charge in [-0.25, -0.2) is 9.50 Å². The maximum Gasteiger partial charge on any atom is 0.256 e. The monoisotopic (exact) mass is 466 g/mol. The summed E-state index contributed by atoms with van der Waals surface area (Å²) in [5.74, 6) is 0.132. The number of rotatable bonds is 7. The molecule has 0 unspecified atom stereocenters. The topological polar surface area (TPSA) is 82.8 Å². The molecule has 0 spiro atoms. The van der Waals surface area contributed by atoms with Crippen molar-refractivity contribution < 1.29 is 9.59 Å². The van der Waals surface area contributed by atoms with Crippen molar-refractivity contribution in [2.75, 3.05) is 26.2 Å². The maximum absolute atomic E-state index is 13.2. The molecular weight excluding hydrogens is 428 g/mol. The van der Waals surface area contributed by atoms with E-state index in [1.165, 1.54) is 51.6 Å². The number of nitrogens with zero attached hydrogens (tertiary/aromatic N) is 5. The third-order valence-corrected chi connectivity index (χ3v) is 7.84. The highest BCUT2D eigenvalue weighted by atomic mass is 16.2. The molecule has 1 saturated carbocycles. The van der Waals surface area contributed by atoms with Crippen LogP contribution in [-0.2, 0) is 4.79 Å². The Kier molecular flexibility index (Phi) is 7.42. The van der Waals surface area contributed by atoms with Gasteiger partial charge in [-0.05, 0) is 70.6 Å². The van der Waals surface area contributed by atoms with Crippen LogP contribution in [0.5, 0.6) is 0 Å². The second-order valence-electron chi connectivity index (χ2n) is 10.2. The number of fused-ring (bicyclic) bond motifs is 1. The Hall–Kier alpha value is -2.48. The molecule has 1 aliphatic carbocycles. The highest BCUT2D eigenvalue weighted by Gasteiger charge is 2.32. The van der Waals surface area contributed by atoms with Crippen molar-refractivity contribution in [1.29, 1.82) is 0 Å². The van der Waals surface area contributed by atoms with Crippen LogP contribution in [0.15, 0.2) is 18.5 Å². The van der Waals surface area contributed by atoms with E-state index in [9.17, 15) is 9.59 Å². The van der Waals surface area contributed by atoms with E-state index in [4.69, 9.17) is 0 Å². The quantitative estimate of drug-likeness (QED) is 0.672. The van der Waals surface area contributed by atoms with Gasteiger partial charge in [0.05, 0.1) is 17.9 Å². The van der Waals surface area contributed by atoms with E-state index in [2.05, 4.69) is 20.3 Å². The molecule has 2 saturated heterocycles. The number of hydrogen-bond donors (Lipinski definition) is 1. The number of likely N-dealkylation sites (tertiary alicyclic amines) is 2. The van der Waals surface area contributed by atoms with E-state index in [0.717, 1.165) is 50.9 Å². The van der Waals surface area contributed by atoms with Gasteiger partial charge in [0.2, 0.25) is 5.91 Å². The Bertz CT molecular complexity index is 990. The van der Waals surface area contributed by atoms with Crippen molar-refractivity contribution in [2.45, 2.75) is 89.1 Å². The SMILES string of the molecule is O=C(NC1CCCC1)c1cnn2c([C@@H]3CCCN3C(=O)CCCN3CCCCCC3)ccnc12. The van der Waals surface area contributed by atoms with E-state index < -0.39 is 0 Å². The van der Waals surface area contributed by atoms with Crippen LogP contribution >= 0.6 is 0 Å². The first kappa shape index (κ1) is 23.3. The van der Waals surface area contributed by atoms with E-state index in [-0.39, 0.29) is 23.9 Å². The van der Waals surface area contributed by atoms with Gasteiger partial charge in [0.15, 0.2) is 5.65 Å². The molecule has 2 aliphatic heterocycles. The Balaban J connectivity index is 1.25. The van der Waals surface area contributed by atoms with E-state index >= 15 is 0 Å². The first-order valence-electron chi connectivity index (χ1n) is 13.4. The second kappa shape index (κ2) is 10.8. The summed E-state index contributed by atoms with van der Waals surface area (Å²) < 4.78 is 1.77. The van der Waals surface area contributed by atoms with Gasteiger partial charge in [-0.1, -0.05) is 25.7 Å². The Morgan fingerprint density at radius 1 is 0.971 bits per heavy atom. The van der Waals surface area contributed by atoms with Gasteiger partial charge in [0, 0.05) is 25.2 Å². The van der Waals surface area contributed by atoms with E-state index in [1.54, 1.807) is 16.9 Å². The van der Waals surface area contributed by atoms with Gasteiger partial charge in [0.1, 0.15) is 5.56 Å². The smallest absolute Gasteiger partial charge is 0.256 e. The van der Waals surface area contributed by atoms with Crippen LogP contribution in [0.1, 0.15) is 99.1 Å². The molecule has 8 heteroatoms. The number of carbonyl (C=O) groups is 2. The molecule has 2 aromatic heterocycles. The molecule has 2 aromatic rings. The largest absolute Gasteiger partial charge is 0.349 e. The van der Waals surface area contributed by atoms with E-state index in [1.807, 2.05) is 11.0 Å². The zero-order valence-corrected chi connectivity index (χ0v) is 20.3. The molecule has 5 rings (SSSR count). The summed E-state index contributed by atoms with van der Waals surface area (Å²) in [6, 6.07) is 2.19. The zero-order valence-electron chi connectivity index (χ0n) is 20.3. The summed E-state index contributed by atoms with van der Waals surface area (Å²) in [5.41, 5.74) is 2.04. The van der Waals surface area contributed by atoms with Crippen molar-refractivity contribution in [3.05, 3.63) is 29.7 Å². The minimum absolute atomic E-state index is 0.0122. The second-order valence-corrected chi connectivity index (χ2v) is 10.2. The van der Waals surface area contributed by atoms with E-state index in [0.29, 0.717) is 17.6 Å². The van der Waals surface area contributed by atoms with Crippen molar-refractivity contribution in [1.82, 2.24) is 29.7 Å². The molecule has 3 fully saturated rings. The van der Waals surface area contributed by atoms with Gasteiger partial charge in [-0.2, -0.15) is 5.10 Å². The number of amides is 2. The molecule has 0 aromatic carbocycles. The van der Waals surface area contributed by atoms with Gasteiger partial charge in [-0.15, -0.1) is 0 Å². The summed E-state index contributed by atoms with van der Waals surface area (Å²) in [6.07, 6.45) is 16.5. The number of hydrogen-bond acceptors (Lipinski definition) is 5. The molecule has 4 heterocycles. The highest BCUT2D eigenvalue weighted by molar-refractivity contribution is 5.99. The summed E-state index contributed by atoms with van der Waals surface area (Å²) in [4.78, 5) is 35.1. The van der Waals surface area contributed by atoms with Crippen LogP contribution in [0.25, 0.3) is 5.65 Å². The molecule has 0 bridgehead atoms. The predicted octanol–water partition coefficient (Wildman–Crippen LogP) is 3.72. The fourth-order valence-corrected chi connectivity index (χ4v) is 5.99. The fraction of sp³-hybridized carbons (Fsp3) is 0.692. The molecule has 184 valence electrons. The van der Waals surface area contributed by atoms with Gasteiger partial charge in [0.25, 0.3) is 5.91 Å². The number of carbonyl (C=O) groups excluding carboxylic acids is 2. The molecule has 2 amide bonds. The normalized spacial score (nSPS) is 22.4. The first-order valence-corrected chi connectivity index (χ1v) is 13.4. The predicted molar refractivity (Wildman–Crippen MR) is 131 cm³/mol. The Morgan fingerprint density at radius 2 is 1.76 bits per heavy atom. The van der Waals surface area contributed by atoms with Crippen molar-refractivity contribution >= 4 is 17.5 Å². The van der Waals surface area contributed by atoms with Gasteiger partial charge in [-0.3, -0.25) is 9.59 Å². The average molecular weight is 467 g/mol. The van der Waals surface area contributed by atoms with Crippen LogP contribution < -0.4 is 5.32 Å². The zero-order chi connectivity index (χ0) is 23.3. The third kappa shape index (κ3) is 5.11. The minimum atomic E-state index is -0.0978. The lowest BCUT2D eigenvalue weighted by molar-refractivity contribution is -0.132. The molecular formula is C26H38N6O2. The summed E-state index contributed by atoms with van der Waals surface area (Å²) in [5, 5.41) is 7.68. The molecule has 3 aliphatic rings. The molecule has 1 N–H and O–H groups in total. The van der Waals surface area contributed by atoms with Crippen molar-refractivity contribution in [3.63, 3.8) is 0 Å². The first-order chi connectivity index (χ1) is 16.7. The Labute approximate surface area is 202 Å². The van der Waals surface area contributed by atoms with Crippen LogP contribution in [-0.4, -0.2) is 68.4 Å². The third-order valence-electron chi connectivity index (χ3n) is 7.84. The lowest BCUT2D eigenvalue weighted by Gasteiger charge is -2.26. The highest BCUT2D eigenvalue weighted by Crippen LogP contribution is 2.33.